The van der Waals surface area contributed by atoms with Gasteiger partial charge >= 0.3 is 11.9 Å². The molecule has 0 saturated carbocycles. The third-order valence-electron chi connectivity index (χ3n) is 9.49. The summed E-state index contributed by atoms with van der Waals surface area (Å²) in [5.41, 5.74) is 0. The van der Waals surface area contributed by atoms with Crippen LogP contribution >= 0.6 is 0 Å². The Morgan fingerprint density at radius 1 is 0.457 bits per heavy atom. The molecule has 0 aromatic carbocycles. The molecule has 0 saturated heterocycles. The lowest BCUT2D eigenvalue weighted by atomic mass is 10.0. The molecule has 4 heteroatoms. The van der Waals surface area contributed by atoms with Gasteiger partial charge in [-0.25, -0.2) is 0 Å². The minimum atomic E-state index is -0.701. The van der Waals surface area contributed by atoms with Crippen LogP contribution in [-0.4, -0.2) is 23.1 Å². The molecular weight excluding hydrogens is 568 g/mol. The number of carboxylic acids is 1. The van der Waals surface area contributed by atoms with E-state index in [0.717, 1.165) is 70.6 Å². The molecule has 0 rings (SSSR count). The van der Waals surface area contributed by atoms with Gasteiger partial charge in [-0.2, -0.15) is 0 Å². The van der Waals surface area contributed by atoms with Crippen LogP contribution in [0.25, 0.3) is 0 Å². The Labute approximate surface area is 287 Å². The number of hydrogen-bond acceptors (Lipinski definition) is 3. The lowest BCUT2D eigenvalue weighted by Crippen LogP contribution is -2.18. The van der Waals surface area contributed by atoms with Crippen molar-refractivity contribution in [1.29, 1.82) is 0 Å². The van der Waals surface area contributed by atoms with Gasteiger partial charge in [0.15, 0.2) is 0 Å². The second-order valence-electron chi connectivity index (χ2n) is 14.2. The highest BCUT2D eigenvalue weighted by Crippen LogP contribution is 2.18. The third-order valence-corrected chi connectivity index (χ3v) is 9.49. The molecule has 0 aliphatic heterocycles. The minimum absolute atomic E-state index is 0.00830. The van der Waals surface area contributed by atoms with Crippen LogP contribution < -0.4 is 0 Å². The van der Waals surface area contributed by atoms with Crippen molar-refractivity contribution < 1.29 is 19.4 Å². The van der Waals surface area contributed by atoms with E-state index in [-0.39, 0.29) is 18.5 Å². The zero-order chi connectivity index (χ0) is 33.6. The topological polar surface area (TPSA) is 63.6 Å². The summed E-state index contributed by atoms with van der Waals surface area (Å²) in [6, 6.07) is 0. The fourth-order valence-electron chi connectivity index (χ4n) is 6.42. The number of esters is 1. The Balaban J connectivity index is 3.97. The maximum atomic E-state index is 12.7. The number of aliphatic carboxylic acids is 1. The summed E-state index contributed by atoms with van der Waals surface area (Å²) in [6.45, 7) is 4.55. The molecule has 0 aromatic rings. The molecule has 0 aromatic heterocycles. The SMILES string of the molecule is CCCCCCCC/C=C\CCCC(CCCCCCCC(=O)O)OC(=O)CCCCCCCCCCCCCCCCCCC. The number of hydrogen-bond donors (Lipinski definition) is 1. The molecule has 0 aliphatic rings. The molecule has 0 heterocycles. The largest absolute Gasteiger partial charge is 0.481 e. The molecule has 1 N–H and O–H groups in total. The highest BCUT2D eigenvalue weighted by Gasteiger charge is 2.14. The number of carbonyl (C=O) groups excluding carboxylic acids is 1. The predicted octanol–water partition coefficient (Wildman–Crippen LogP) is 14.2. The second kappa shape index (κ2) is 38.1. The molecular formula is C42H80O4. The normalized spacial score (nSPS) is 12.2. The van der Waals surface area contributed by atoms with Crippen molar-refractivity contribution in [2.75, 3.05) is 0 Å². The number of ether oxygens (including phenoxy) is 1. The van der Waals surface area contributed by atoms with Crippen LogP contribution in [0.2, 0.25) is 0 Å². The molecule has 1 unspecified atom stereocenters. The summed E-state index contributed by atoms with van der Waals surface area (Å²) in [5, 5.41) is 8.82. The maximum Gasteiger partial charge on any atom is 0.306 e. The highest BCUT2D eigenvalue weighted by molar-refractivity contribution is 5.69. The number of allylic oxidation sites excluding steroid dienone is 2. The van der Waals surface area contributed by atoms with Crippen molar-refractivity contribution >= 4 is 11.9 Å². The van der Waals surface area contributed by atoms with Crippen LogP contribution in [-0.2, 0) is 14.3 Å². The molecule has 272 valence electrons. The molecule has 0 fully saturated rings. The lowest BCUT2D eigenvalue weighted by Gasteiger charge is -2.18. The van der Waals surface area contributed by atoms with Gasteiger partial charge in [-0.3, -0.25) is 9.59 Å². The van der Waals surface area contributed by atoms with Gasteiger partial charge in [-0.1, -0.05) is 180 Å². The van der Waals surface area contributed by atoms with E-state index >= 15 is 0 Å². The van der Waals surface area contributed by atoms with Gasteiger partial charge in [0.05, 0.1) is 0 Å². The van der Waals surface area contributed by atoms with Gasteiger partial charge in [-0.05, 0) is 57.8 Å². The van der Waals surface area contributed by atoms with Crippen LogP contribution in [0.5, 0.6) is 0 Å². The van der Waals surface area contributed by atoms with Gasteiger partial charge < -0.3 is 9.84 Å². The summed E-state index contributed by atoms with van der Waals surface area (Å²) >= 11 is 0. The van der Waals surface area contributed by atoms with Gasteiger partial charge in [0.25, 0.3) is 0 Å². The molecule has 0 bridgehead atoms. The van der Waals surface area contributed by atoms with Gasteiger partial charge in [0, 0.05) is 12.8 Å². The smallest absolute Gasteiger partial charge is 0.306 e. The van der Waals surface area contributed by atoms with Gasteiger partial charge in [0.1, 0.15) is 6.10 Å². The zero-order valence-corrected chi connectivity index (χ0v) is 31.2. The van der Waals surface area contributed by atoms with E-state index < -0.39 is 5.97 Å². The van der Waals surface area contributed by atoms with E-state index in [1.807, 2.05) is 0 Å². The zero-order valence-electron chi connectivity index (χ0n) is 31.2. The Hall–Kier alpha value is -1.32. The molecule has 0 spiro atoms. The summed E-state index contributed by atoms with van der Waals surface area (Å²) < 4.78 is 5.99. The van der Waals surface area contributed by atoms with Crippen LogP contribution in [0.15, 0.2) is 12.2 Å². The molecule has 0 radical (unpaired) electrons. The summed E-state index contributed by atoms with van der Waals surface area (Å²) in [6.07, 6.45) is 46.6. The van der Waals surface area contributed by atoms with Crippen LogP contribution in [0.3, 0.4) is 0 Å². The van der Waals surface area contributed by atoms with Crippen LogP contribution in [0.1, 0.15) is 239 Å². The standard InChI is InChI=1S/C42H80O4/c1-3-5-7-9-11-13-15-16-17-18-19-20-22-24-26-31-35-39-42(45)46-40(37-33-29-27-30-34-38-41(43)44)36-32-28-25-23-21-14-12-10-8-6-4-2/h23,25,40H,3-22,24,26-39H2,1-2H3,(H,43,44)/b25-23-. The number of rotatable bonds is 38. The quantitative estimate of drug-likeness (QED) is 0.0411. The molecule has 0 amide bonds. The van der Waals surface area contributed by atoms with Crippen molar-refractivity contribution in [3.63, 3.8) is 0 Å². The highest BCUT2D eigenvalue weighted by atomic mass is 16.5. The van der Waals surface area contributed by atoms with E-state index in [2.05, 4.69) is 26.0 Å². The average molecular weight is 649 g/mol. The maximum absolute atomic E-state index is 12.7. The summed E-state index contributed by atoms with van der Waals surface area (Å²) in [7, 11) is 0. The first-order valence-electron chi connectivity index (χ1n) is 20.7. The Morgan fingerprint density at radius 2 is 0.804 bits per heavy atom. The van der Waals surface area contributed by atoms with Crippen LogP contribution in [0, 0.1) is 0 Å². The minimum Gasteiger partial charge on any atom is -0.481 e. The Kier molecular flexibility index (Phi) is 37.0. The van der Waals surface area contributed by atoms with E-state index in [1.165, 1.54) is 141 Å². The second-order valence-corrected chi connectivity index (χ2v) is 14.2. The van der Waals surface area contributed by atoms with Crippen molar-refractivity contribution in [3.8, 4) is 0 Å². The molecule has 4 nitrogen and oxygen atoms in total. The molecule has 1 atom stereocenters. The van der Waals surface area contributed by atoms with Crippen molar-refractivity contribution in [1.82, 2.24) is 0 Å². The number of carbonyl (C=O) groups is 2. The molecule has 0 aliphatic carbocycles. The monoisotopic (exact) mass is 649 g/mol. The van der Waals surface area contributed by atoms with Gasteiger partial charge in [-0.15, -0.1) is 0 Å². The predicted molar refractivity (Wildman–Crippen MR) is 200 cm³/mol. The first-order chi connectivity index (χ1) is 22.6. The van der Waals surface area contributed by atoms with Crippen molar-refractivity contribution in [2.24, 2.45) is 0 Å². The number of carboxylic acid groups (broad SMARTS) is 1. The third kappa shape index (κ3) is 37.1. The Bertz CT molecular complexity index is 658. The van der Waals surface area contributed by atoms with Crippen molar-refractivity contribution in [3.05, 3.63) is 12.2 Å². The first kappa shape index (κ1) is 44.7. The Morgan fingerprint density at radius 3 is 1.26 bits per heavy atom. The van der Waals surface area contributed by atoms with E-state index in [9.17, 15) is 9.59 Å². The summed E-state index contributed by atoms with van der Waals surface area (Å²) in [5.74, 6) is -0.710. The average Bonchev–Trinajstić information content (AvgIpc) is 3.04. The fourth-order valence-corrected chi connectivity index (χ4v) is 6.42. The van der Waals surface area contributed by atoms with Crippen LogP contribution in [0.4, 0.5) is 0 Å². The lowest BCUT2D eigenvalue weighted by molar-refractivity contribution is -0.150. The van der Waals surface area contributed by atoms with Gasteiger partial charge in [0.2, 0.25) is 0 Å². The van der Waals surface area contributed by atoms with E-state index in [0.29, 0.717) is 6.42 Å². The van der Waals surface area contributed by atoms with E-state index in [4.69, 9.17) is 9.84 Å². The first-order valence-corrected chi connectivity index (χ1v) is 20.7. The van der Waals surface area contributed by atoms with E-state index in [1.54, 1.807) is 0 Å². The summed E-state index contributed by atoms with van der Waals surface area (Å²) in [4.78, 5) is 23.4. The fraction of sp³-hybridized carbons (Fsp3) is 0.905. The van der Waals surface area contributed by atoms with Crippen molar-refractivity contribution in [2.45, 2.75) is 245 Å². The number of unbranched alkanes of at least 4 members (excludes halogenated alkanes) is 27. The molecule has 46 heavy (non-hydrogen) atoms.